The monoisotopic (exact) mass is 278 g/mol. The Labute approximate surface area is 120 Å². The van der Waals surface area contributed by atoms with Crippen molar-refractivity contribution in [3.8, 4) is 11.5 Å². The molecule has 2 atom stereocenters. The van der Waals surface area contributed by atoms with Crippen LogP contribution in [0.1, 0.15) is 32.8 Å². The first kappa shape index (κ1) is 13.7. The van der Waals surface area contributed by atoms with Gasteiger partial charge in [-0.15, -0.1) is 0 Å². The maximum absolute atomic E-state index is 6.09. The minimum absolute atomic E-state index is 0.110. The summed E-state index contributed by atoms with van der Waals surface area (Å²) < 4.78 is 22.7. The van der Waals surface area contributed by atoms with Crippen LogP contribution in [0.3, 0.4) is 0 Å². The van der Waals surface area contributed by atoms with Crippen LogP contribution in [0.5, 0.6) is 11.5 Å². The van der Waals surface area contributed by atoms with Crippen LogP contribution in [-0.2, 0) is 15.9 Å². The van der Waals surface area contributed by atoms with Gasteiger partial charge in [-0.25, -0.2) is 0 Å². The molecule has 0 N–H and O–H groups in total. The summed E-state index contributed by atoms with van der Waals surface area (Å²) in [5, 5.41) is 0. The summed E-state index contributed by atoms with van der Waals surface area (Å²) in [4.78, 5) is 0. The van der Waals surface area contributed by atoms with Gasteiger partial charge in [-0.05, 0) is 30.5 Å². The fourth-order valence-corrected chi connectivity index (χ4v) is 2.97. The van der Waals surface area contributed by atoms with E-state index in [4.69, 9.17) is 18.9 Å². The molecule has 4 heteroatoms. The summed E-state index contributed by atoms with van der Waals surface area (Å²) in [6.07, 6.45) is 1.87. The van der Waals surface area contributed by atoms with Crippen molar-refractivity contribution in [2.45, 2.75) is 45.5 Å². The van der Waals surface area contributed by atoms with E-state index in [0.29, 0.717) is 19.3 Å². The molecule has 0 aromatic heterocycles. The molecule has 20 heavy (non-hydrogen) atoms. The molecule has 4 nitrogen and oxygen atoms in total. The Balaban J connectivity index is 1.62. The van der Waals surface area contributed by atoms with E-state index in [2.05, 4.69) is 19.9 Å². The summed E-state index contributed by atoms with van der Waals surface area (Å²) in [6.45, 7) is 7.37. The summed E-state index contributed by atoms with van der Waals surface area (Å²) in [5.41, 5.74) is 1.19. The number of hydrogen-bond donors (Lipinski definition) is 0. The van der Waals surface area contributed by atoms with Gasteiger partial charge in [0, 0.05) is 12.8 Å². The lowest BCUT2D eigenvalue weighted by Crippen LogP contribution is -2.29. The van der Waals surface area contributed by atoms with Gasteiger partial charge < -0.3 is 18.9 Å². The largest absolute Gasteiger partial charge is 0.454 e. The fourth-order valence-electron chi connectivity index (χ4n) is 2.97. The molecule has 0 saturated carbocycles. The van der Waals surface area contributed by atoms with Gasteiger partial charge in [0.1, 0.15) is 0 Å². The number of hydrogen-bond acceptors (Lipinski definition) is 4. The Hall–Kier alpha value is -1.26. The van der Waals surface area contributed by atoms with Crippen LogP contribution in [0.4, 0.5) is 0 Å². The zero-order valence-electron chi connectivity index (χ0n) is 12.3. The molecule has 0 bridgehead atoms. The van der Waals surface area contributed by atoms with Gasteiger partial charge in [0.05, 0.1) is 12.7 Å². The van der Waals surface area contributed by atoms with Gasteiger partial charge in [-0.1, -0.05) is 19.9 Å². The summed E-state index contributed by atoms with van der Waals surface area (Å²) >= 11 is 0. The Bertz CT molecular complexity index is 485. The smallest absolute Gasteiger partial charge is 0.231 e. The molecule has 0 spiro atoms. The highest BCUT2D eigenvalue weighted by molar-refractivity contribution is 5.44. The van der Waals surface area contributed by atoms with Gasteiger partial charge >= 0.3 is 0 Å². The summed E-state index contributed by atoms with van der Waals surface area (Å²) in [7, 11) is 0. The van der Waals surface area contributed by atoms with Gasteiger partial charge in [-0.2, -0.15) is 0 Å². The maximum atomic E-state index is 6.09. The topological polar surface area (TPSA) is 36.9 Å². The summed E-state index contributed by atoms with van der Waals surface area (Å²) in [6, 6.07) is 6.06. The van der Waals surface area contributed by atoms with E-state index in [-0.39, 0.29) is 6.10 Å². The van der Waals surface area contributed by atoms with Crippen LogP contribution >= 0.6 is 0 Å². The van der Waals surface area contributed by atoms with Crippen LogP contribution < -0.4 is 9.47 Å². The number of rotatable bonds is 4. The molecule has 2 heterocycles. The van der Waals surface area contributed by atoms with Gasteiger partial charge in [-0.3, -0.25) is 0 Å². The molecule has 2 aliphatic heterocycles. The molecule has 2 aliphatic rings. The molecule has 0 amide bonds. The van der Waals surface area contributed by atoms with Crippen LogP contribution in [-0.4, -0.2) is 25.3 Å². The molecule has 1 fully saturated rings. The molecule has 1 aromatic rings. The zero-order valence-corrected chi connectivity index (χ0v) is 12.3. The highest BCUT2D eigenvalue weighted by Crippen LogP contribution is 2.35. The molecule has 110 valence electrons. The van der Waals surface area contributed by atoms with Gasteiger partial charge in [0.15, 0.2) is 17.3 Å². The average molecular weight is 278 g/mol. The first-order valence-corrected chi connectivity index (χ1v) is 7.24. The Morgan fingerprint density at radius 2 is 2.05 bits per heavy atom. The third kappa shape index (κ3) is 2.91. The molecular weight excluding hydrogens is 256 g/mol. The molecule has 1 saturated heterocycles. The van der Waals surface area contributed by atoms with Crippen molar-refractivity contribution >= 4 is 0 Å². The van der Waals surface area contributed by atoms with E-state index in [9.17, 15) is 0 Å². The molecule has 1 aromatic carbocycles. The highest BCUT2D eigenvalue weighted by atomic mass is 16.7. The van der Waals surface area contributed by atoms with Crippen LogP contribution in [0.25, 0.3) is 0 Å². The minimum Gasteiger partial charge on any atom is -0.454 e. The van der Waals surface area contributed by atoms with Gasteiger partial charge in [0.25, 0.3) is 0 Å². The second-order valence-corrected chi connectivity index (χ2v) is 6.17. The highest BCUT2D eigenvalue weighted by Gasteiger charge is 2.37. The zero-order chi connectivity index (χ0) is 14.2. The second-order valence-electron chi connectivity index (χ2n) is 6.17. The molecule has 3 rings (SSSR count). The quantitative estimate of drug-likeness (QED) is 0.848. The molecular formula is C16H22O4. The van der Waals surface area contributed by atoms with Crippen molar-refractivity contribution < 1.29 is 18.9 Å². The SMILES string of the molecule is CC(C)CC1(C)OCC(Cc2ccc3c(c2)OCO3)O1. The van der Waals surface area contributed by atoms with E-state index in [0.717, 1.165) is 24.3 Å². The van der Waals surface area contributed by atoms with E-state index in [1.807, 2.05) is 19.1 Å². The predicted molar refractivity (Wildman–Crippen MR) is 75.0 cm³/mol. The van der Waals surface area contributed by atoms with Crippen LogP contribution in [0.15, 0.2) is 18.2 Å². The van der Waals surface area contributed by atoms with E-state index in [1.54, 1.807) is 0 Å². The van der Waals surface area contributed by atoms with Crippen molar-refractivity contribution in [2.75, 3.05) is 13.4 Å². The van der Waals surface area contributed by atoms with Crippen molar-refractivity contribution in [2.24, 2.45) is 5.92 Å². The molecule has 2 unspecified atom stereocenters. The van der Waals surface area contributed by atoms with Crippen LogP contribution in [0, 0.1) is 5.92 Å². The van der Waals surface area contributed by atoms with E-state index in [1.165, 1.54) is 5.56 Å². The Kier molecular flexibility index (Phi) is 3.61. The van der Waals surface area contributed by atoms with Crippen LogP contribution in [0.2, 0.25) is 0 Å². The van der Waals surface area contributed by atoms with E-state index < -0.39 is 5.79 Å². The lowest BCUT2D eigenvalue weighted by Gasteiger charge is -2.25. The molecule has 0 radical (unpaired) electrons. The van der Waals surface area contributed by atoms with Crippen molar-refractivity contribution in [1.82, 2.24) is 0 Å². The maximum Gasteiger partial charge on any atom is 0.231 e. The average Bonchev–Trinajstić information content (AvgIpc) is 2.95. The second kappa shape index (κ2) is 5.26. The first-order chi connectivity index (χ1) is 9.54. The predicted octanol–water partition coefficient (Wildman–Crippen LogP) is 3.14. The lowest BCUT2D eigenvalue weighted by atomic mass is 10.0. The van der Waals surface area contributed by atoms with Gasteiger partial charge in [0.2, 0.25) is 6.79 Å². The van der Waals surface area contributed by atoms with Crippen molar-refractivity contribution in [3.63, 3.8) is 0 Å². The number of benzene rings is 1. The summed E-state index contributed by atoms with van der Waals surface area (Å²) in [5.74, 6) is 1.77. The van der Waals surface area contributed by atoms with Crippen molar-refractivity contribution in [1.29, 1.82) is 0 Å². The third-order valence-corrected chi connectivity index (χ3v) is 3.67. The number of ether oxygens (including phenoxy) is 4. The first-order valence-electron chi connectivity index (χ1n) is 7.24. The standard InChI is InChI=1S/C16H22O4/c1-11(2)8-16(3)19-9-13(20-16)6-12-4-5-14-15(7-12)18-10-17-14/h4-5,7,11,13H,6,8-10H2,1-3H3. The molecule has 0 aliphatic carbocycles. The fraction of sp³-hybridized carbons (Fsp3) is 0.625. The Morgan fingerprint density at radius 1 is 1.25 bits per heavy atom. The number of fused-ring (bicyclic) bond motifs is 1. The van der Waals surface area contributed by atoms with Crippen molar-refractivity contribution in [3.05, 3.63) is 23.8 Å². The third-order valence-electron chi connectivity index (χ3n) is 3.67. The normalized spacial score (nSPS) is 28.3. The minimum atomic E-state index is -0.435. The van der Waals surface area contributed by atoms with E-state index >= 15 is 0 Å². The lowest BCUT2D eigenvalue weighted by molar-refractivity contribution is -0.164. The Morgan fingerprint density at radius 3 is 2.85 bits per heavy atom.